The number of hydrogen-bond donors (Lipinski definition) is 3. The van der Waals surface area contributed by atoms with Gasteiger partial charge in [0.1, 0.15) is 10.6 Å². The highest BCUT2D eigenvalue weighted by Crippen LogP contribution is 2.34. The van der Waals surface area contributed by atoms with Crippen LogP contribution in [0.2, 0.25) is 0 Å². The van der Waals surface area contributed by atoms with Crippen LogP contribution in [0.25, 0.3) is 0 Å². The van der Waals surface area contributed by atoms with Crippen LogP contribution in [0.3, 0.4) is 0 Å². The second-order valence-electron chi connectivity index (χ2n) is 7.55. The molecule has 2 aliphatic carbocycles. The molecule has 1 amide bonds. The number of ether oxygens (including phenoxy) is 1. The minimum atomic E-state index is -3.70. The average Bonchev–Trinajstić information content (AvgIpc) is 3.37. The SMILES string of the molecule is COc1ccc(NC(=O)C2CCCCC2(C)N)cc1S(=O)(=O)NC1CC1. The van der Waals surface area contributed by atoms with Crippen molar-refractivity contribution >= 4 is 21.6 Å². The molecule has 8 heteroatoms. The van der Waals surface area contributed by atoms with Gasteiger partial charge in [-0.3, -0.25) is 4.79 Å². The number of methoxy groups -OCH3 is 1. The van der Waals surface area contributed by atoms with Crippen molar-refractivity contribution in [3.8, 4) is 5.75 Å². The van der Waals surface area contributed by atoms with Gasteiger partial charge in [-0.1, -0.05) is 12.8 Å². The minimum Gasteiger partial charge on any atom is -0.495 e. The molecule has 7 nitrogen and oxygen atoms in total. The van der Waals surface area contributed by atoms with Gasteiger partial charge in [0, 0.05) is 17.3 Å². The molecule has 26 heavy (non-hydrogen) atoms. The predicted molar refractivity (Wildman–Crippen MR) is 99.5 cm³/mol. The summed E-state index contributed by atoms with van der Waals surface area (Å²) in [5, 5.41) is 2.83. The van der Waals surface area contributed by atoms with Gasteiger partial charge in [-0.25, -0.2) is 13.1 Å². The van der Waals surface area contributed by atoms with Gasteiger partial charge in [0.25, 0.3) is 0 Å². The third kappa shape index (κ3) is 4.19. The molecule has 2 unspecified atom stereocenters. The molecule has 3 rings (SSSR count). The molecule has 4 N–H and O–H groups in total. The Hall–Kier alpha value is -1.64. The van der Waals surface area contributed by atoms with Crippen LogP contribution < -0.4 is 20.5 Å². The number of carbonyl (C=O) groups excluding carboxylic acids is 1. The number of nitrogens with one attached hydrogen (secondary N) is 2. The first-order valence-electron chi connectivity index (χ1n) is 9.03. The fraction of sp³-hybridized carbons (Fsp3) is 0.611. The number of nitrogens with two attached hydrogens (primary N) is 1. The van der Waals surface area contributed by atoms with Crippen LogP contribution in [0.1, 0.15) is 45.4 Å². The van der Waals surface area contributed by atoms with Crippen molar-refractivity contribution in [2.75, 3.05) is 12.4 Å². The summed E-state index contributed by atoms with van der Waals surface area (Å²) in [4.78, 5) is 12.7. The van der Waals surface area contributed by atoms with E-state index < -0.39 is 15.6 Å². The molecule has 1 aromatic carbocycles. The zero-order valence-corrected chi connectivity index (χ0v) is 16.1. The summed E-state index contributed by atoms with van der Waals surface area (Å²) in [6.07, 6.45) is 5.22. The maximum absolute atomic E-state index is 12.7. The lowest BCUT2D eigenvalue weighted by Crippen LogP contribution is -2.51. The first-order valence-corrected chi connectivity index (χ1v) is 10.5. The molecule has 2 atom stereocenters. The quantitative estimate of drug-likeness (QED) is 0.698. The van der Waals surface area contributed by atoms with E-state index in [2.05, 4.69) is 10.0 Å². The van der Waals surface area contributed by atoms with E-state index in [4.69, 9.17) is 10.5 Å². The largest absolute Gasteiger partial charge is 0.495 e. The molecule has 0 aliphatic heterocycles. The summed E-state index contributed by atoms with van der Waals surface area (Å²) in [5.41, 5.74) is 6.18. The van der Waals surface area contributed by atoms with Crippen molar-refractivity contribution in [3.63, 3.8) is 0 Å². The Morgan fingerprint density at radius 1 is 1.27 bits per heavy atom. The van der Waals surface area contributed by atoms with Crippen LogP contribution in [0.15, 0.2) is 23.1 Å². The van der Waals surface area contributed by atoms with E-state index >= 15 is 0 Å². The fourth-order valence-corrected chi connectivity index (χ4v) is 4.97. The number of benzene rings is 1. The number of sulfonamides is 1. The fourth-order valence-electron chi connectivity index (χ4n) is 3.47. The average molecular weight is 381 g/mol. The Balaban J connectivity index is 1.82. The summed E-state index contributed by atoms with van der Waals surface area (Å²) in [6, 6.07) is 4.63. The lowest BCUT2D eigenvalue weighted by atomic mass is 9.74. The van der Waals surface area contributed by atoms with Gasteiger partial charge in [-0.15, -0.1) is 0 Å². The standard InChI is InChI=1S/C18H27N3O4S/c1-18(19)10-4-3-5-14(18)17(22)20-13-8-9-15(25-2)16(11-13)26(23,24)21-12-6-7-12/h8-9,11-12,14,21H,3-7,10,19H2,1-2H3,(H,20,22). The van der Waals surface area contributed by atoms with E-state index in [0.717, 1.165) is 38.5 Å². The highest BCUT2D eigenvalue weighted by molar-refractivity contribution is 7.89. The first kappa shape index (κ1) is 19.1. The molecular weight excluding hydrogens is 354 g/mol. The van der Waals surface area contributed by atoms with Crippen molar-refractivity contribution < 1.29 is 17.9 Å². The summed E-state index contributed by atoms with van der Waals surface area (Å²) in [6.45, 7) is 1.90. The zero-order chi connectivity index (χ0) is 18.9. The molecule has 2 aliphatic rings. The smallest absolute Gasteiger partial charge is 0.244 e. The Morgan fingerprint density at radius 2 is 2.00 bits per heavy atom. The van der Waals surface area contributed by atoms with Gasteiger partial charge in [0.05, 0.1) is 13.0 Å². The third-order valence-electron chi connectivity index (χ3n) is 5.19. The summed E-state index contributed by atoms with van der Waals surface area (Å²) < 4.78 is 33.0. The number of anilines is 1. The summed E-state index contributed by atoms with van der Waals surface area (Å²) >= 11 is 0. The minimum absolute atomic E-state index is 0.0110. The second kappa shape index (κ2) is 7.17. The summed E-state index contributed by atoms with van der Waals surface area (Å²) in [7, 11) is -2.27. The van der Waals surface area contributed by atoms with Crippen molar-refractivity contribution in [1.82, 2.24) is 4.72 Å². The van der Waals surface area contributed by atoms with Crippen molar-refractivity contribution in [1.29, 1.82) is 0 Å². The molecule has 2 saturated carbocycles. The van der Waals surface area contributed by atoms with E-state index in [1.54, 1.807) is 12.1 Å². The topological polar surface area (TPSA) is 111 Å². The maximum atomic E-state index is 12.7. The number of rotatable bonds is 6. The van der Waals surface area contributed by atoms with Gasteiger partial charge in [0.2, 0.25) is 15.9 Å². The molecule has 144 valence electrons. The number of carbonyl (C=O) groups is 1. The molecule has 2 fully saturated rings. The van der Waals surface area contributed by atoms with Crippen LogP contribution in [0.4, 0.5) is 5.69 Å². The lowest BCUT2D eigenvalue weighted by Gasteiger charge is -2.37. The lowest BCUT2D eigenvalue weighted by molar-refractivity contribution is -0.122. The number of amides is 1. The molecule has 0 spiro atoms. The van der Waals surface area contributed by atoms with Gasteiger partial charge in [-0.2, -0.15) is 0 Å². The van der Waals surface area contributed by atoms with Crippen molar-refractivity contribution in [3.05, 3.63) is 18.2 Å². The first-order chi connectivity index (χ1) is 12.2. The normalized spacial score (nSPS) is 26.3. The van der Waals surface area contributed by atoms with Crippen LogP contribution >= 0.6 is 0 Å². The molecule has 0 saturated heterocycles. The third-order valence-corrected chi connectivity index (χ3v) is 6.73. The van der Waals surface area contributed by atoms with Gasteiger partial charge < -0.3 is 15.8 Å². The van der Waals surface area contributed by atoms with E-state index in [1.165, 1.54) is 13.2 Å². The Morgan fingerprint density at radius 3 is 2.62 bits per heavy atom. The predicted octanol–water partition coefficient (Wildman–Crippen LogP) is 1.98. The highest BCUT2D eigenvalue weighted by Gasteiger charge is 2.38. The van der Waals surface area contributed by atoms with Crippen LogP contribution in [-0.4, -0.2) is 33.0 Å². The molecule has 0 heterocycles. The van der Waals surface area contributed by atoms with Gasteiger partial charge >= 0.3 is 0 Å². The van der Waals surface area contributed by atoms with Crippen molar-refractivity contribution in [2.24, 2.45) is 11.7 Å². The monoisotopic (exact) mass is 381 g/mol. The molecule has 1 aromatic rings. The summed E-state index contributed by atoms with van der Waals surface area (Å²) in [5.74, 6) is -0.209. The molecule has 0 bridgehead atoms. The Kier molecular flexibility index (Phi) is 5.28. The van der Waals surface area contributed by atoms with Crippen molar-refractivity contribution in [2.45, 2.75) is 61.9 Å². The number of hydrogen-bond acceptors (Lipinski definition) is 5. The Bertz CT molecular complexity index is 788. The van der Waals surface area contributed by atoms with E-state index in [-0.39, 0.29) is 28.5 Å². The Labute approximate surface area is 154 Å². The maximum Gasteiger partial charge on any atom is 0.244 e. The van der Waals surface area contributed by atoms with Gasteiger partial charge in [-0.05, 0) is 50.8 Å². The van der Waals surface area contributed by atoms with E-state index in [1.807, 2.05) is 6.92 Å². The van der Waals surface area contributed by atoms with E-state index in [9.17, 15) is 13.2 Å². The van der Waals surface area contributed by atoms with Crippen LogP contribution in [0.5, 0.6) is 5.75 Å². The molecular formula is C18H27N3O4S. The second-order valence-corrected chi connectivity index (χ2v) is 9.24. The highest BCUT2D eigenvalue weighted by atomic mass is 32.2. The van der Waals surface area contributed by atoms with Gasteiger partial charge in [0.15, 0.2) is 0 Å². The molecule has 0 aromatic heterocycles. The van der Waals surface area contributed by atoms with Crippen LogP contribution in [-0.2, 0) is 14.8 Å². The zero-order valence-electron chi connectivity index (χ0n) is 15.2. The van der Waals surface area contributed by atoms with Crippen LogP contribution in [0, 0.1) is 5.92 Å². The molecule has 0 radical (unpaired) electrons. The van der Waals surface area contributed by atoms with E-state index in [0.29, 0.717) is 5.69 Å².